The van der Waals surface area contributed by atoms with E-state index in [1.165, 1.54) is 80.3 Å². The summed E-state index contributed by atoms with van der Waals surface area (Å²) in [7, 11) is 0. The van der Waals surface area contributed by atoms with Gasteiger partial charge in [0.15, 0.2) is 0 Å². The molecule has 2 heterocycles. The van der Waals surface area contributed by atoms with E-state index in [0.29, 0.717) is 0 Å². The van der Waals surface area contributed by atoms with Crippen LogP contribution in [0.3, 0.4) is 0 Å². The number of rotatable bonds is 5. The van der Waals surface area contributed by atoms with Crippen LogP contribution in [0.2, 0.25) is 0 Å². The molecule has 11 aromatic rings. The predicted octanol–water partition coefficient (Wildman–Crippen LogP) is 14.6. The number of anilines is 3. The third-order valence-corrected chi connectivity index (χ3v) is 11.9. The molecule has 0 aliphatic carbocycles. The van der Waals surface area contributed by atoms with Crippen molar-refractivity contribution in [1.82, 2.24) is 4.57 Å². The van der Waals surface area contributed by atoms with Gasteiger partial charge in [0.05, 0.1) is 11.0 Å². The van der Waals surface area contributed by atoms with Gasteiger partial charge in [-0.3, -0.25) is 0 Å². The molecule has 0 N–H and O–H groups in total. The fourth-order valence-electron chi connectivity index (χ4n) is 8.33. The minimum atomic E-state index is 1.12. The summed E-state index contributed by atoms with van der Waals surface area (Å²) < 4.78 is 5.04. The Hall–Kier alpha value is -6.68. The molecule has 11 rings (SSSR count). The highest BCUT2D eigenvalue weighted by Crippen LogP contribution is 2.43. The quantitative estimate of drug-likeness (QED) is 0.163. The molecule has 248 valence electrons. The molecule has 0 fully saturated rings. The van der Waals surface area contributed by atoms with Crippen molar-refractivity contribution in [2.24, 2.45) is 0 Å². The highest BCUT2D eigenvalue weighted by molar-refractivity contribution is 7.26. The molecule has 0 atom stereocenters. The standard InChI is InChI=1S/C50H32N2S/c1-3-11-37(12-4-1)51(40-27-28-41-36(31-40)20-19-34-24-30-48-50(49(34)41)43-16-8-10-18-47(43)53-48)39-25-21-33(22-26-39)35-23-29-46-44(32-35)42-15-7-9-17-45(42)52(46)38-13-5-2-6-14-38/h1-32H. The molecule has 2 nitrogen and oxygen atoms in total. The van der Waals surface area contributed by atoms with E-state index in [2.05, 4.69) is 204 Å². The topological polar surface area (TPSA) is 8.17 Å². The maximum absolute atomic E-state index is 2.37. The second-order valence-corrected chi connectivity index (χ2v) is 14.8. The van der Waals surface area contributed by atoms with Crippen LogP contribution < -0.4 is 4.90 Å². The molecule has 0 aliphatic heterocycles. The Bertz CT molecular complexity index is 3160. The average Bonchev–Trinajstić information content (AvgIpc) is 3.77. The van der Waals surface area contributed by atoms with Crippen molar-refractivity contribution in [2.45, 2.75) is 0 Å². The van der Waals surface area contributed by atoms with E-state index >= 15 is 0 Å². The van der Waals surface area contributed by atoms with E-state index in [9.17, 15) is 0 Å². The normalized spacial score (nSPS) is 11.8. The summed E-state index contributed by atoms with van der Waals surface area (Å²) in [5.41, 5.74) is 9.38. The van der Waals surface area contributed by atoms with Crippen LogP contribution in [-0.4, -0.2) is 4.57 Å². The minimum Gasteiger partial charge on any atom is -0.310 e. The van der Waals surface area contributed by atoms with Crippen LogP contribution in [0.1, 0.15) is 0 Å². The van der Waals surface area contributed by atoms with Crippen LogP contribution in [0.15, 0.2) is 194 Å². The van der Waals surface area contributed by atoms with E-state index < -0.39 is 0 Å². The van der Waals surface area contributed by atoms with Crippen LogP contribution in [0.5, 0.6) is 0 Å². The molecule has 9 aromatic carbocycles. The number of thiophene rings is 1. The zero-order valence-electron chi connectivity index (χ0n) is 28.8. The predicted molar refractivity (Wildman–Crippen MR) is 229 cm³/mol. The lowest BCUT2D eigenvalue weighted by Crippen LogP contribution is -2.09. The monoisotopic (exact) mass is 692 g/mol. The zero-order chi connectivity index (χ0) is 34.9. The van der Waals surface area contributed by atoms with Gasteiger partial charge < -0.3 is 9.47 Å². The Morgan fingerprint density at radius 2 is 1.00 bits per heavy atom. The lowest BCUT2D eigenvalue weighted by Gasteiger charge is -2.26. The Labute approximate surface area is 311 Å². The fraction of sp³-hybridized carbons (Fsp3) is 0. The van der Waals surface area contributed by atoms with Crippen molar-refractivity contribution in [3.63, 3.8) is 0 Å². The van der Waals surface area contributed by atoms with Gasteiger partial charge in [-0.1, -0.05) is 115 Å². The van der Waals surface area contributed by atoms with E-state index in [1.807, 2.05) is 11.3 Å². The second-order valence-electron chi connectivity index (χ2n) is 13.7. The third-order valence-electron chi connectivity index (χ3n) is 10.7. The first-order valence-electron chi connectivity index (χ1n) is 18.1. The van der Waals surface area contributed by atoms with Crippen LogP contribution in [0, 0.1) is 0 Å². The Morgan fingerprint density at radius 3 is 1.85 bits per heavy atom. The minimum absolute atomic E-state index is 1.12. The molecule has 53 heavy (non-hydrogen) atoms. The third kappa shape index (κ3) is 4.78. The molecule has 0 saturated heterocycles. The number of aromatic nitrogens is 1. The molecular formula is C50H32N2S. The molecule has 0 amide bonds. The Balaban J connectivity index is 1.02. The lowest BCUT2D eigenvalue weighted by atomic mass is 9.97. The van der Waals surface area contributed by atoms with Crippen LogP contribution in [0.25, 0.3) is 80.3 Å². The van der Waals surface area contributed by atoms with Crippen molar-refractivity contribution < 1.29 is 0 Å². The largest absolute Gasteiger partial charge is 0.310 e. The van der Waals surface area contributed by atoms with Gasteiger partial charge in [-0.05, 0) is 112 Å². The molecule has 2 aromatic heterocycles. The number of nitrogens with zero attached hydrogens (tertiary/aromatic N) is 2. The summed E-state index contributed by atoms with van der Waals surface area (Å²) in [6.07, 6.45) is 0. The number of fused-ring (bicyclic) bond motifs is 10. The van der Waals surface area contributed by atoms with E-state index in [0.717, 1.165) is 17.1 Å². The SMILES string of the molecule is c1ccc(N(c2ccc(-c3ccc4c(c3)c3ccccc3n4-c3ccccc3)cc2)c2ccc3c(ccc4ccc5sc6ccccc6c5c43)c2)cc1. The Kier molecular flexibility index (Phi) is 6.76. The van der Waals surface area contributed by atoms with Gasteiger partial charge in [-0.15, -0.1) is 11.3 Å². The van der Waals surface area contributed by atoms with Crippen LogP contribution >= 0.6 is 11.3 Å². The van der Waals surface area contributed by atoms with Crippen molar-refractivity contribution in [2.75, 3.05) is 4.90 Å². The number of hydrogen-bond donors (Lipinski definition) is 0. The summed E-state index contributed by atoms with van der Waals surface area (Å²) in [4.78, 5) is 2.37. The van der Waals surface area contributed by atoms with Crippen molar-refractivity contribution in [1.29, 1.82) is 0 Å². The van der Waals surface area contributed by atoms with Gasteiger partial charge in [0.25, 0.3) is 0 Å². The summed E-state index contributed by atoms with van der Waals surface area (Å²) in [6.45, 7) is 0. The maximum atomic E-state index is 2.37. The van der Waals surface area contributed by atoms with Crippen molar-refractivity contribution in [3.8, 4) is 16.8 Å². The first-order chi connectivity index (χ1) is 26.3. The van der Waals surface area contributed by atoms with Gasteiger partial charge in [-0.25, -0.2) is 0 Å². The fourth-order valence-corrected chi connectivity index (χ4v) is 9.44. The van der Waals surface area contributed by atoms with Gasteiger partial charge in [0.2, 0.25) is 0 Å². The first kappa shape index (κ1) is 30.0. The molecule has 0 aliphatic rings. The zero-order valence-corrected chi connectivity index (χ0v) is 29.6. The molecule has 0 bridgehead atoms. The number of hydrogen-bond acceptors (Lipinski definition) is 2. The highest BCUT2D eigenvalue weighted by atomic mass is 32.1. The summed E-state index contributed by atoms with van der Waals surface area (Å²) in [5, 5.41) is 10.3. The average molecular weight is 693 g/mol. The van der Waals surface area contributed by atoms with Crippen LogP contribution in [-0.2, 0) is 0 Å². The summed E-state index contributed by atoms with van der Waals surface area (Å²) >= 11 is 1.88. The molecule has 0 radical (unpaired) electrons. The Morgan fingerprint density at radius 1 is 0.358 bits per heavy atom. The maximum Gasteiger partial charge on any atom is 0.0541 e. The highest BCUT2D eigenvalue weighted by Gasteiger charge is 2.17. The van der Waals surface area contributed by atoms with E-state index in [4.69, 9.17) is 0 Å². The molecule has 0 spiro atoms. The van der Waals surface area contributed by atoms with E-state index in [-0.39, 0.29) is 0 Å². The molecule has 3 heteroatoms. The van der Waals surface area contributed by atoms with Gasteiger partial charge >= 0.3 is 0 Å². The smallest absolute Gasteiger partial charge is 0.0541 e. The second kappa shape index (κ2) is 11.9. The van der Waals surface area contributed by atoms with Gasteiger partial charge in [0.1, 0.15) is 0 Å². The molecule has 0 unspecified atom stereocenters. The van der Waals surface area contributed by atoms with Gasteiger partial charge in [-0.2, -0.15) is 0 Å². The molecular weight excluding hydrogens is 661 g/mol. The van der Waals surface area contributed by atoms with Crippen molar-refractivity contribution >= 4 is 91.9 Å². The number of benzene rings is 9. The summed E-state index contributed by atoms with van der Waals surface area (Å²) in [5.74, 6) is 0. The van der Waals surface area contributed by atoms with Crippen LogP contribution in [0.4, 0.5) is 17.1 Å². The summed E-state index contributed by atoms with van der Waals surface area (Å²) in [6, 6.07) is 70.8. The van der Waals surface area contributed by atoms with Gasteiger partial charge in [0, 0.05) is 53.7 Å². The lowest BCUT2D eigenvalue weighted by molar-refractivity contribution is 1.18. The van der Waals surface area contributed by atoms with Crippen molar-refractivity contribution in [3.05, 3.63) is 194 Å². The number of para-hydroxylation sites is 3. The molecule has 0 saturated carbocycles. The van der Waals surface area contributed by atoms with E-state index in [1.54, 1.807) is 0 Å². The first-order valence-corrected chi connectivity index (χ1v) is 18.9.